The van der Waals surface area contributed by atoms with Gasteiger partial charge in [0.25, 0.3) is 0 Å². The zero-order valence-electron chi connectivity index (χ0n) is 9.36. The fraction of sp³-hybridized carbons (Fsp3) is 0.636. The largest absolute Gasteiger partial charge is 0.317 e. The second-order valence-electron chi connectivity index (χ2n) is 4.22. The highest BCUT2D eigenvalue weighted by Crippen LogP contribution is 2.39. The lowest BCUT2D eigenvalue weighted by Crippen LogP contribution is -2.24. The number of halogens is 2. The summed E-state index contributed by atoms with van der Waals surface area (Å²) in [5.41, 5.74) is 0.197. The van der Waals surface area contributed by atoms with Gasteiger partial charge >= 0.3 is 0 Å². The van der Waals surface area contributed by atoms with E-state index in [1.165, 1.54) is 4.88 Å². The first-order valence-electron chi connectivity index (χ1n) is 5.13. The lowest BCUT2D eigenvalue weighted by atomic mass is 9.87. The van der Waals surface area contributed by atoms with Gasteiger partial charge in [0.2, 0.25) is 0 Å². The van der Waals surface area contributed by atoms with Gasteiger partial charge in [0.05, 0.1) is 0 Å². The van der Waals surface area contributed by atoms with Crippen LogP contribution in [-0.4, -0.2) is 13.1 Å². The highest BCUT2D eigenvalue weighted by atomic mass is 79.9. The Morgan fingerprint density at radius 1 is 1.53 bits per heavy atom. The maximum absolute atomic E-state index is 6.05. The lowest BCUT2D eigenvalue weighted by Gasteiger charge is -2.23. The molecule has 1 aromatic heterocycles. The van der Waals surface area contributed by atoms with E-state index in [9.17, 15) is 0 Å². The third-order valence-corrected chi connectivity index (χ3v) is 5.33. The molecule has 0 bridgehead atoms. The Bertz CT molecular complexity index is 303. The summed E-state index contributed by atoms with van der Waals surface area (Å²) in [6, 6.07) is 2.14. The molecule has 0 radical (unpaired) electrons. The number of thiophene rings is 1. The molecule has 0 unspecified atom stereocenters. The summed E-state index contributed by atoms with van der Waals surface area (Å²) in [5.74, 6) is 0. The van der Waals surface area contributed by atoms with Crippen LogP contribution in [0.3, 0.4) is 0 Å². The molecule has 86 valence electrons. The molecule has 0 aliphatic rings. The Labute approximate surface area is 109 Å². The molecule has 15 heavy (non-hydrogen) atoms. The standard InChI is InChI=1S/C11H17BrClNS/c1-4-14-6-5-11(2,3)9-7-8(12)10(13)15-9/h7,14H,4-6H2,1-3H3. The van der Waals surface area contributed by atoms with Gasteiger partial charge in [-0.05, 0) is 41.5 Å². The van der Waals surface area contributed by atoms with E-state index in [-0.39, 0.29) is 5.41 Å². The first kappa shape index (κ1) is 13.5. The van der Waals surface area contributed by atoms with Crippen LogP contribution in [0.1, 0.15) is 32.1 Å². The highest BCUT2D eigenvalue weighted by Gasteiger charge is 2.23. The zero-order valence-corrected chi connectivity index (χ0v) is 12.5. The van der Waals surface area contributed by atoms with Crippen LogP contribution in [0.2, 0.25) is 4.34 Å². The minimum atomic E-state index is 0.197. The molecule has 4 heteroatoms. The van der Waals surface area contributed by atoms with Crippen molar-refractivity contribution in [3.8, 4) is 0 Å². The van der Waals surface area contributed by atoms with Crippen molar-refractivity contribution < 1.29 is 0 Å². The van der Waals surface area contributed by atoms with Crippen molar-refractivity contribution in [2.45, 2.75) is 32.6 Å². The van der Waals surface area contributed by atoms with Crippen LogP contribution in [0.15, 0.2) is 10.5 Å². The summed E-state index contributed by atoms with van der Waals surface area (Å²) in [6.45, 7) is 8.74. The molecule has 0 saturated carbocycles. The van der Waals surface area contributed by atoms with Crippen LogP contribution in [0.4, 0.5) is 0 Å². The first-order valence-corrected chi connectivity index (χ1v) is 7.12. The van der Waals surface area contributed by atoms with Crippen LogP contribution in [0, 0.1) is 0 Å². The summed E-state index contributed by atoms with van der Waals surface area (Å²) in [4.78, 5) is 1.34. The highest BCUT2D eigenvalue weighted by molar-refractivity contribution is 9.10. The molecule has 1 nitrogen and oxygen atoms in total. The minimum absolute atomic E-state index is 0.197. The predicted octanol–water partition coefficient (Wildman–Crippen LogP) is 4.44. The van der Waals surface area contributed by atoms with Gasteiger partial charge in [0.15, 0.2) is 0 Å². The second kappa shape index (κ2) is 5.67. The van der Waals surface area contributed by atoms with Crippen molar-refractivity contribution in [3.05, 3.63) is 19.8 Å². The molecular formula is C11H17BrClNS. The van der Waals surface area contributed by atoms with E-state index in [1.54, 1.807) is 11.3 Å². The van der Waals surface area contributed by atoms with E-state index in [2.05, 4.69) is 48.1 Å². The SMILES string of the molecule is CCNCCC(C)(C)c1cc(Br)c(Cl)s1. The summed E-state index contributed by atoms with van der Waals surface area (Å²) < 4.78 is 1.86. The van der Waals surface area contributed by atoms with Crippen LogP contribution in [-0.2, 0) is 5.41 Å². The maximum atomic E-state index is 6.05. The van der Waals surface area contributed by atoms with Crippen molar-refractivity contribution in [3.63, 3.8) is 0 Å². The molecule has 1 heterocycles. The fourth-order valence-electron chi connectivity index (χ4n) is 1.38. The van der Waals surface area contributed by atoms with E-state index in [4.69, 9.17) is 11.6 Å². The Morgan fingerprint density at radius 3 is 2.67 bits per heavy atom. The zero-order chi connectivity index (χ0) is 11.5. The van der Waals surface area contributed by atoms with Gasteiger partial charge in [0, 0.05) is 14.8 Å². The molecule has 0 aliphatic heterocycles. The number of rotatable bonds is 5. The molecule has 0 fully saturated rings. The van der Waals surface area contributed by atoms with Crippen molar-refractivity contribution in [1.29, 1.82) is 0 Å². The van der Waals surface area contributed by atoms with Crippen molar-refractivity contribution in [2.75, 3.05) is 13.1 Å². The van der Waals surface area contributed by atoms with E-state index in [0.717, 1.165) is 28.3 Å². The van der Waals surface area contributed by atoms with Gasteiger partial charge in [-0.3, -0.25) is 0 Å². The minimum Gasteiger partial charge on any atom is -0.317 e. The van der Waals surface area contributed by atoms with E-state index in [0.29, 0.717) is 0 Å². The van der Waals surface area contributed by atoms with Gasteiger partial charge in [-0.25, -0.2) is 0 Å². The van der Waals surface area contributed by atoms with Gasteiger partial charge in [-0.15, -0.1) is 11.3 Å². The van der Waals surface area contributed by atoms with Gasteiger partial charge in [0.1, 0.15) is 4.34 Å². The summed E-state index contributed by atoms with van der Waals surface area (Å²) in [7, 11) is 0. The Morgan fingerprint density at radius 2 is 2.20 bits per heavy atom. The third-order valence-electron chi connectivity index (χ3n) is 2.49. The lowest BCUT2D eigenvalue weighted by molar-refractivity contribution is 0.469. The number of hydrogen-bond acceptors (Lipinski definition) is 2. The normalized spacial score (nSPS) is 12.1. The van der Waals surface area contributed by atoms with E-state index >= 15 is 0 Å². The molecular weight excluding hydrogens is 294 g/mol. The van der Waals surface area contributed by atoms with E-state index in [1.807, 2.05) is 0 Å². The number of nitrogens with one attached hydrogen (secondary N) is 1. The molecule has 0 aromatic carbocycles. The van der Waals surface area contributed by atoms with Gasteiger partial charge < -0.3 is 5.32 Å². The molecule has 0 spiro atoms. The molecule has 1 aromatic rings. The fourth-order valence-corrected chi connectivity index (χ4v) is 3.21. The predicted molar refractivity (Wildman–Crippen MR) is 73.2 cm³/mol. The molecule has 0 saturated heterocycles. The van der Waals surface area contributed by atoms with Crippen LogP contribution in [0.25, 0.3) is 0 Å². The first-order chi connectivity index (χ1) is 6.97. The van der Waals surface area contributed by atoms with Gasteiger partial charge in [-0.2, -0.15) is 0 Å². The summed E-state index contributed by atoms with van der Waals surface area (Å²) >= 11 is 11.2. The Hall–Kier alpha value is 0.430. The third kappa shape index (κ3) is 3.74. The Balaban J connectivity index is 2.67. The van der Waals surface area contributed by atoms with E-state index < -0.39 is 0 Å². The van der Waals surface area contributed by atoms with Crippen LogP contribution >= 0.6 is 38.9 Å². The number of hydrogen-bond donors (Lipinski definition) is 1. The van der Waals surface area contributed by atoms with Crippen LogP contribution in [0.5, 0.6) is 0 Å². The summed E-state index contributed by atoms with van der Waals surface area (Å²) in [5, 5.41) is 3.36. The average Bonchev–Trinajstić information content (AvgIpc) is 2.48. The molecule has 0 amide bonds. The Kier molecular flexibility index (Phi) is 5.10. The van der Waals surface area contributed by atoms with Crippen molar-refractivity contribution in [1.82, 2.24) is 5.32 Å². The monoisotopic (exact) mass is 309 g/mol. The molecule has 0 atom stereocenters. The second-order valence-corrected chi connectivity index (χ2v) is 6.73. The average molecular weight is 311 g/mol. The van der Waals surface area contributed by atoms with Crippen LogP contribution < -0.4 is 5.32 Å². The van der Waals surface area contributed by atoms with Crippen molar-refractivity contribution in [2.24, 2.45) is 0 Å². The topological polar surface area (TPSA) is 12.0 Å². The molecule has 1 rings (SSSR count). The molecule has 0 aliphatic carbocycles. The maximum Gasteiger partial charge on any atom is 0.107 e. The summed E-state index contributed by atoms with van der Waals surface area (Å²) in [6.07, 6.45) is 1.13. The van der Waals surface area contributed by atoms with Gasteiger partial charge in [-0.1, -0.05) is 32.4 Å². The smallest absolute Gasteiger partial charge is 0.107 e. The quantitative estimate of drug-likeness (QED) is 0.793. The van der Waals surface area contributed by atoms with Crippen molar-refractivity contribution >= 4 is 38.9 Å². The molecule has 1 N–H and O–H groups in total.